The van der Waals surface area contributed by atoms with Crippen LogP contribution in [0.15, 0.2) is 24.3 Å². The summed E-state index contributed by atoms with van der Waals surface area (Å²) in [4.78, 5) is 23.3. The fourth-order valence-electron chi connectivity index (χ4n) is 1.92. The van der Waals surface area contributed by atoms with Crippen LogP contribution in [0.2, 0.25) is 0 Å². The Kier molecular flexibility index (Phi) is 7.91. The zero-order valence-electron chi connectivity index (χ0n) is 14.5. The largest absolute Gasteiger partial charge is 0.352 e. The Morgan fingerprint density at radius 2 is 1.67 bits per heavy atom. The van der Waals surface area contributed by atoms with Gasteiger partial charge in [0.15, 0.2) is 0 Å². The second kappa shape index (κ2) is 9.42. The third-order valence-electron chi connectivity index (χ3n) is 3.43. The van der Waals surface area contributed by atoms with Crippen molar-refractivity contribution in [1.82, 2.24) is 10.0 Å². The molecule has 7 heteroatoms. The number of nitrogens with one attached hydrogen (secondary N) is 2. The van der Waals surface area contributed by atoms with Crippen LogP contribution in [0.3, 0.4) is 0 Å². The van der Waals surface area contributed by atoms with Gasteiger partial charge in [-0.2, -0.15) is 0 Å². The molecule has 0 aliphatic heterocycles. The lowest BCUT2D eigenvalue weighted by atomic mass is 10.1. The van der Waals surface area contributed by atoms with E-state index in [9.17, 15) is 18.0 Å². The molecular weight excluding hydrogens is 328 g/mol. The topological polar surface area (TPSA) is 92.3 Å². The van der Waals surface area contributed by atoms with Crippen LogP contribution in [0.5, 0.6) is 0 Å². The molecule has 0 bridgehead atoms. The van der Waals surface area contributed by atoms with E-state index in [0.29, 0.717) is 18.9 Å². The number of carbonyl (C=O) groups is 2. The molecule has 0 aliphatic rings. The molecule has 1 aromatic carbocycles. The van der Waals surface area contributed by atoms with Crippen molar-refractivity contribution < 1.29 is 18.0 Å². The van der Waals surface area contributed by atoms with Gasteiger partial charge in [-0.25, -0.2) is 8.42 Å². The molecule has 0 atom stereocenters. The van der Waals surface area contributed by atoms with Gasteiger partial charge in [0.25, 0.3) is 0 Å². The minimum absolute atomic E-state index is 0.163. The SMILES string of the molecule is Cc1ccc(CNC(=O)CCS(=O)(=O)NC(=O)CCC(C)C)cc1. The molecule has 2 amide bonds. The maximum absolute atomic E-state index is 11.8. The fourth-order valence-corrected chi connectivity index (χ4v) is 2.92. The van der Waals surface area contributed by atoms with Gasteiger partial charge in [-0.3, -0.25) is 14.3 Å². The van der Waals surface area contributed by atoms with Gasteiger partial charge in [0.1, 0.15) is 0 Å². The predicted molar refractivity (Wildman–Crippen MR) is 93.6 cm³/mol. The number of sulfonamides is 1. The van der Waals surface area contributed by atoms with Gasteiger partial charge in [-0.1, -0.05) is 43.7 Å². The van der Waals surface area contributed by atoms with Gasteiger partial charge >= 0.3 is 0 Å². The summed E-state index contributed by atoms with van der Waals surface area (Å²) in [6.07, 6.45) is 0.605. The Morgan fingerprint density at radius 3 is 2.25 bits per heavy atom. The summed E-state index contributed by atoms with van der Waals surface area (Å²) in [6, 6.07) is 7.69. The number of hydrogen-bond donors (Lipinski definition) is 2. The van der Waals surface area contributed by atoms with E-state index in [2.05, 4.69) is 5.32 Å². The first-order valence-electron chi connectivity index (χ1n) is 8.03. The molecule has 0 saturated heterocycles. The van der Waals surface area contributed by atoms with Crippen molar-refractivity contribution in [2.24, 2.45) is 5.92 Å². The highest BCUT2D eigenvalue weighted by molar-refractivity contribution is 7.90. The van der Waals surface area contributed by atoms with Crippen LogP contribution in [0.25, 0.3) is 0 Å². The zero-order chi connectivity index (χ0) is 18.2. The average molecular weight is 354 g/mol. The molecule has 0 saturated carbocycles. The quantitative estimate of drug-likeness (QED) is 0.708. The highest BCUT2D eigenvalue weighted by Gasteiger charge is 2.16. The molecule has 0 aliphatic carbocycles. The lowest BCUT2D eigenvalue weighted by Gasteiger charge is -2.09. The van der Waals surface area contributed by atoms with Crippen LogP contribution in [-0.4, -0.2) is 26.0 Å². The van der Waals surface area contributed by atoms with Gasteiger partial charge in [0.05, 0.1) is 5.75 Å². The van der Waals surface area contributed by atoms with E-state index in [1.54, 1.807) is 0 Å². The summed E-state index contributed by atoms with van der Waals surface area (Å²) in [6.45, 7) is 6.24. The van der Waals surface area contributed by atoms with Crippen LogP contribution >= 0.6 is 0 Å². The summed E-state index contributed by atoms with van der Waals surface area (Å²) in [7, 11) is -3.77. The molecule has 1 rings (SSSR count). The first-order chi connectivity index (χ1) is 11.2. The first-order valence-corrected chi connectivity index (χ1v) is 9.69. The Labute approximate surface area is 144 Å². The molecule has 2 N–H and O–H groups in total. The predicted octanol–water partition coefficient (Wildman–Crippen LogP) is 1.88. The lowest BCUT2D eigenvalue weighted by molar-refractivity contribution is -0.121. The van der Waals surface area contributed by atoms with Crippen molar-refractivity contribution in [3.63, 3.8) is 0 Å². The summed E-state index contributed by atoms with van der Waals surface area (Å²) < 4.78 is 25.6. The number of amides is 2. The van der Waals surface area contributed by atoms with E-state index in [1.807, 2.05) is 49.8 Å². The molecule has 134 valence electrons. The highest BCUT2D eigenvalue weighted by atomic mass is 32.2. The standard InChI is InChI=1S/C17H26N2O4S/c1-13(2)4-9-17(21)19-24(22,23)11-10-16(20)18-12-15-7-5-14(3)6-8-15/h5-8,13H,4,9-12H2,1-3H3,(H,18,20)(H,19,21). The van der Waals surface area contributed by atoms with Gasteiger partial charge in [-0.05, 0) is 24.8 Å². The Hall–Kier alpha value is -1.89. The minimum atomic E-state index is -3.77. The molecule has 0 spiro atoms. The maximum Gasteiger partial charge on any atom is 0.235 e. The Bertz CT molecular complexity index is 652. The Balaban J connectivity index is 2.34. The smallest absolute Gasteiger partial charge is 0.235 e. The highest BCUT2D eigenvalue weighted by Crippen LogP contribution is 2.04. The maximum atomic E-state index is 11.8. The van der Waals surface area contributed by atoms with Crippen LogP contribution in [0.4, 0.5) is 0 Å². The van der Waals surface area contributed by atoms with Crippen molar-refractivity contribution in [3.8, 4) is 0 Å². The molecule has 24 heavy (non-hydrogen) atoms. The number of benzene rings is 1. The van der Waals surface area contributed by atoms with E-state index in [1.165, 1.54) is 0 Å². The van der Waals surface area contributed by atoms with Crippen molar-refractivity contribution in [3.05, 3.63) is 35.4 Å². The summed E-state index contributed by atoms with van der Waals surface area (Å²) in [5.74, 6) is -0.967. The fraction of sp³-hybridized carbons (Fsp3) is 0.529. The number of hydrogen-bond acceptors (Lipinski definition) is 4. The van der Waals surface area contributed by atoms with Crippen molar-refractivity contribution in [2.45, 2.75) is 46.6 Å². The van der Waals surface area contributed by atoms with E-state index in [-0.39, 0.29) is 18.7 Å². The lowest BCUT2D eigenvalue weighted by Crippen LogP contribution is -2.34. The molecule has 0 aromatic heterocycles. The van der Waals surface area contributed by atoms with E-state index >= 15 is 0 Å². The summed E-state index contributed by atoms with van der Waals surface area (Å²) >= 11 is 0. The van der Waals surface area contributed by atoms with Gasteiger partial charge in [0, 0.05) is 19.4 Å². The van der Waals surface area contributed by atoms with E-state index in [4.69, 9.17) is 0 Å². The van der Waals surface area contributed by atoms with Crippen molar-refractivity contribution in [2.75, 3.05) is 5.75 Å². The molecule has 0 unspecified atom stereocenters. The molecular formula is C17H26N2O4S. The second-order valence-electron chi connectivity index (χ2n) is 6.29. The summed E-state index contributed by atoms with van der Waals surface area (Å²) in [5, 5.41) is 2.67. The monoisotopic (exact) mass is 354 g/mol. The van der Waals surface area contributed by atoms with Gasteiger partial charge < -0.3 is 5.32 Å². The van der Waals surface area contributed by atoms with Crippen LogP contribution in [0.1, 0.15) is 44.2 Å². The normalized spacial score (nSPS) is 11.3. The zero-order valence-corrected chi connectivity index (χ0v) is 15.3. The average Bonchev–Trinajstić information content (AvgIpc) is 2.50. The molecule has 0 radical (unpaired) electrons. The van der Waals surface area contributed by atoms with Crippen LogP contribution < -0.4 is 10.0 Å². The molecule has 1 aromatic rings. The Morgan fingerprint density at radius 1 is 1.04 bits per heavy atom. The van der Waals surface area contributed by atoms with Crippen LogP contribution in [-0.2, 0) is 26.2 Å². The number of rotatable bonds is 9. The minimum Gasteiger partial charge on any atom is -0.352 e. The van der Waals surface area contributed by atoms with Crippen molar-refractivity contribution in [1.29, 1.82) is 0 Å². The molecule has 6 nitrogen and oxygen atoms in total. The summed E-state index contributed by atoms with van der Waals surface area (Å²) in [5.41, 5.74) is 2.07. The van der Waals surface area contributed by atoms with E-state index < -0.39 is 21.7 Å². The number of aryl methyl sites for hydroxylation is 1. The third-order valence-corrected chi connectivity index (χ3v) is 4.71. The molecule has 0 heterocycles. The van der Waals surface area contributed by atoms with E-state index in [0.717, 1.165) is 11.1 Å². The third kappa shape index (κ3) is 8.67. The van der Waals surface area contributed by atoms with Crippen LogP contribution in [0, 0.1) is 12.8 Å². The van der Waals surface area contributed by atoms with Gasteiger partial charge in [-0.15, -0.1) is 0 Å². The first kappa shape index (κ1) is 20.2. The van der Waals surface area contributed by atoms with Crippen molar-refractivity contribution >= 4 is 21.8 Å². The number of carbonyl (C=O) groups excluding carboxylic acids is 2. The molecule has 0 fully saturated rings. The van der Waals surface area contributed by atoms with Gasteiger partial charge in [0.2, 0.25) is 21.8 Å². The second-order valence-corrected chi connectivity index (χ2v) is 8.13.